The highest BCUT2D eigenvalue weighted by Crippen LogP contribution is 2.47. The minimum absolute atomic E-state index is 0.0292. The van der Waals surface area contributed by atoms with Crippen LogP contribution in [0.4, 0.5) is 4.39 Å². The molecule has 2 N–H and O–H groups in total. The summed E-state index contributed by atoms with van der Waals surface area (Å²) in [6.07, 6.45) is 3.78. The molecule has 1 heterocycles. The molecule has 1 saturated heterocycles. The summed E-state index contributed by atoms with van der Waals surface area (Å²) in [5, 5.41) is 13.9. The maximum atomic E-state index is 13.7. The number of halogens is 1. The summed E-state index contributed by atoms with van der Waals surface area (Å²) < 4.78 is 18.9. The molecular weight excluding hydrogens is 447 g/mol. The van der Waals surface area contributed by atoms with E-state index in [9.17, 15) is 19.1 Å². The lowest BCUT2D eigenvalue weighted by Crippen LogP contribution is -2.49. The highest BCUT2D eigenvalue weighted by atomic mass is 19.1. The van der Waals surface area contributed by atoms with E-state index in [1.54, 1.807) is 31.4 Å². The molecule has 0 bridgehead atoms. The molecule has 7 heteroatoms. The van der Waals surface area contributed by atoms with Crippen LogP contribution in [0.1, 0.15) is 63.0 Å². The van der Waals surface area contributed by atoms with E-state index in [0.717, 1.165) is 36.8 Å². The number of nitrogens with one attached hydrogen (secondary N) is 1. The van der Waals surface area contributed by atoms with Crippen LogP contribution >= 0.6 is 0 Å². The van der Waals surface area contributed by atoms with Gasteiger partial charge in [-0.2, -0.15) is 0 Å². The Morgan fingerprint density at radius 2 is 1.66 bits per heavy atom. The lowest BCUT2D eigenvalue weighted by atomic mass is 9.71. The fraction of sp³-hybridized carbons (Fsp3) is 0.500. The van der Waals surface area contributed by atoms with Crippen LogP contribution in [-0.4, -0.2) is 48.6 Å². The van der Waals surface area contributed by atoms with Crippen molar-refractivity contribution in [3.63, 3.8) is 0 Å². The first kappa shape index (κ1) is 26.7. The van der Waals surface area contributed by atoms with Crippen LogP contribution in [0.5, 0.6) is 5.75 Å². The molecule has 35 heavy (non-hydrogen) atoms. The zero-order chi connectivity index (χ0) is 25.4. The summed E-state index contributed by atoms with van der Waals surface area (Å²) in [6, 6.07) is 13.2. The average Bonchev–Trinajstić information content (AvgIpc) is 3.25. The third-order valence-electron chi connectivity index (χ3n) is 7.09. The van der Waals surface area contributed by atoms with E-state index in [0.29, 0.717) is 25.4 Å². The summed E-state index contributed by atoms with van der Waals surface area (Å²) in [5.74, 6) is -2.08. The fourth-order valence-corrected chi connectivity index (χ4v) is 5.12. The van der Waals surface area contributed by atoms with Crippen molar-refractivity contribution < 1.29 is 23.8 Å². The topological polar surface area (TPSA) is 78.9 Å². The van der Waals surface area contributed by atoms with Gasteiger partial charge in [-0.05, 0) is 48.2 Å². The highest BCUT2D eigenvalue weighted by Gasteiger charge is 2.55. The first-order chi connectivity index (χ1) is 16.9. The molecule has 0 radical (unpaired) electrons. The number of methoxy groups -OCH3 is 1. The van der Waals surface area contributed by atoms with Gasteiger partial charge in [-0.15, -0.1) is 0 Å². The summed E-state index contributed by atoms with van der Waals surface area (Å²) >= 11 is 0. The maximum Gasteiger partial charge on any atom is 0.309 e. The number of carbonyl (C=O) groups is 2. The first-order valence-corrected chi connectivity index (χ1v) is 12.5. The van der Waals surface area contributed by atoms with E-state index < -0.39 is 23.3 Å². The zero-order valence-corrected chi connectivity index (χ0v) is 20.9. The zero-order valence-electron chi connectivity index (χ0n) is 20.9. The van der Waals surface area contributed by atoms with Gasteiger partial charge in [0.15, 0.2) is 0 Å². The number of carbonyl (C=O) groups excluding carboxylic acids is 1. The molecule has 6 nitrogen and oxygen atoms in total. The Labute approximate surface area is 207 Å². The number of hydrogen-bond donors (Lipinski definition) is 2. The summed E-state index contributed by atoms with van der Waals surface area (Å²) in [4.78, 5) is 28.4. The molecule has 1 aliphatic rings. The van der Waals surface area contributed by atoms with Gasteiger partial charge in [-0.25, -0.2) is 4.39 Å². The van der Waals surface area contributed by atoms with Crippen molar-refractivity contribution in [2.75, 3.05) is 26.7 Å². The molecule has 0 spiro atoms. The average molecular weight is 485 g/mol. The lowest BCUT2D eigenvalue weighted by molar-refractivity contribution is -0.145. The molecule has 190 valence electrons. The van der Waals surface area contributed by atoms with Gasteiger partial charge < -0.3 is 20.1 Å². The van der Waals surface area contributed by atoms with E-state index >= 15 is 0 Å². The SMILES string of the molecule is CCCCN(CCCC)C(=O)CC1(c2ccc(OC)cc2)NCC(c2ccc(F)cc2)C1C(=O)O. The number of unbranched alkanes of at least 4 members (excludes halogenated alkanes) is 2. The van der Waals surface area contributed by atoms with Crippen LogP contribution in [0, 0.1) is 11.7 Å². The number of aliphatic carboxylic acids is 1. The van der Waals surface area contributed by atoms with Gasteiger partial charge in [0.25, 0.3) is 0 Å². The number of amides is 1. The Morgan fingerprint density at radius 1 is 1.06 bits per heavy atom. The molecule has 2 aromatic carbocycles. The van der Waals surface area contributed by atoms with Crippen molar-refractivity contribution >= 4 is 11.9 Å². The Morgan fingerprint density at radius 3 is 2.17 bits per heavy atom. The monoisotopic (exact) mass is 484 g/mol. The van der Waals surface area contributed by atoms with Gasteiger partial charge in [0.05, 0.1) is 25.0 Å². The number of carboxylic acids is 1. The smallest absolute Gasteiger partial charge is 0.309 e. The predicted octanol–water partition coefficient (Wildman–Crippen LogP) is 4.94. The van der Waals surface area contributed by atoms with Gasteiger partial charge in [0.1, 0.15) is 11.6 Å². The predicted molar refractivity (Wildman–Crippen MR) is 134 cm³/mol. The highest BCUT2D eigenvalue weighted by molar-refractivity contribution is 5.82. The molecule has 0 aliphatic carbocycles. The normalized spacial score (nSPS) is 21.6. The summed E-state index contributed by atoms with van der Waals surface area (Å²) in [7, 11) is 1.58. The van der Waals surface area contributed by atoms with Crippen LogP contribution in [0.15, 0.2) is 48.5 Å². The van der Waals surface area contributed by atoms with E-state index in [-0.39, 0.29) is 18.1 Å². The van der Waals surface area contributed by atoms with Crippen molar-refractivity contribution in [3.05, 3.63) is 65.5 Å². The second kappa shape index (κ2) is 12.2. The standard InChI is InChI=1S/C28H37FN2O4/c1-4-6-16-31(17-7-5-2)25(32)18-28(21-10-14-23(35-3)15-11-21)26(27(33)34)24(19-30-28)20-8-12-22(29)13-9-20/h8-15,24,26,30H,4-7,16-19H2,1-3H3,(H,33,34). The van der Waals surface area contributed by atoms with Crippen molar-refractivity contribution in [1.82, 2.24) is 10.2 Å². The quantitative estimate of drug-likeness (QED) is 0.446. The first-order valence-electron chi connectivity index (χ1n) is 12.5. The van der Waals surface area contributed by atoms with Crippen molar-refractivity contribution in [3.8, 4) is 5.75 Å². The number of carboxylic acid groups (broad SMARTS) is 1. The summed E-state index contributed by atoms with van der Waals surface area (Å²) in [5.41, 5.74) is 0.364. The molecule has 2 aromatic rings. The molecule has 3 rings (SSSR count). The van der Waals surface area contributed by atoms with E-state index in [1.807, 2.05) is 17.0 Å². The van der Waals surface area contributed by atoms with E-state index in [4.69, 9.17) is 4.74 Å². The van der Waals surface area contributed by atoms with Crippen LogP contribution < -0.4 is 10.1 Å². The number of ether oxygens (including phenoxy) is 1. The van der Waals surface area contributed by atoms with Gasteiger partial charge in [0, 0.05) is 25.6 Å². The van der Waals surface area contributed by atoms with E-state index in [1.165, 1.54) is 12.1 Å². The molecule has 0 aromatic heterocycles. The van der Waals surface area contributed by atoms with E-state index in [2.05, 4.69) is 19.2 Å². The van der Waals surface area contributed by atoms with Crippen molar-refractivity contribution in [2.24, 2.45) is 5.92 Å². The number of benzene rings is 2. The Kier molecular flexibility index (Phi) is 9.26. The van der Waals surface area contributed by atoms with Crippen LogP contribution in [0.25, 0.3) is 0 Å². The molecule has 3 unspecified atom stereocenters. The molecule has 1 fully saturated rings. The van der Waals surface area contributed by atoms with Crippen LogP contribution in [0.3, 0.4) is 0 Å². The molecule has 3 atom stereocenters. The maximum absolute atomic E-state index is 13.7. The third-order valence-corrected chi connectivity index (χ3v) is 7.09. The van der Waals surface area contributed by atoms with Crippen LogP contribution in [0.2, 0.25) is 0 Å². The number of rotatable bonds is 12. The van der Waals surface area contributed by atoms with Crippen LogP contribution in [-0.2, 0) is 15.1 Å². The fourth-order valence-electron chi connectivity index (χ4n) is 5.12. The second-order valence-corrected chi connectivity index (χ2v) is 9.32. The Bertz CT molecular complexity index is 971. The summed E-state index contributed by atoms with van der Waals surface area (Å²) in [6.45, 7) is 5.87. The Balaban J connectivity index is 2.04. The van der Waals surface area contributed by atoms with Gasteiger partial charge in [-0.3, -0.25) is 9.59 Å². The van der Waals surface area contributed by atoms with Gasteiger partial charge in [-0.1, -0.05) is 51.0 Å². The molecule has 1 amide bonds. The minimum Gasteiger partial charge on any atom is -0.497 e. The molecule has 0 saturated carbocycles. The number of nitrogens with zero attached hydrogens (tertiary/aromatic N) is 1. The minimum atomic E-state index is -1.11. The lowest BCUT2D eigenvalue weighted by Gasteiger charge is -2.37. The number of hydrogen-bond acceptors (Lipinski definition) is 4. The largest absolute Gasteiger partial charge is 0.497 e. The molecular formula is C28H37FN2O4. The van der Waals surface area contributed by atoms with Gasteiger partial charge in [0.2, 0.25) is 5.91 Å². The molecule has 1 aliphatic heterocycles. The van der Waals surface area contributed by atoms with Gasteiger partial charge >= 0.3 is 5.97 Å². The second-order valence-electron chi connectivity index (χ2n) is 9.32. The third kappa shape index (κ3) is 6.01. The van der Waals surface area contributed by atoms with Crippen molar-refractivity contribution in [1.29, 1.82) is 0 Å². The van der Waals surface area contributed by atoms with Crippen molar-refractivity contribution in [2.45, 2.75) is 57.4 Å². The Hall–Kier alpha value is -2.93.